The molecule has 0 unspecified atom stereocenters. The van der Waals surface area contributed by atoms with Gasteiger partial charge in [0.25, 0.3) is 5.91 Å². The number of carbonyl (C=O) groups excluding carboxylic acids is 1. The van der Waals surface area contributed by atoms with Gasteiger partial charge in [-0.1, -0.05) is 18.2 Å². The summed E-state index contributed by atoms with van der Waals surface area (Å²) in [5.41, 5.74) is 6.91. The largest absolute Gasteiger partial charge is 0.315 e. The van der Waals surface area contributed by atoms with Crippen molar-refractivity contribution in [2.75, 3.05) is 5.32 Å². The van der Waals surface area contributed by atoms with E-state index >= 15 is 0 Å². The van der Waals surface area contributed by atoms with E-state index in [9.17, 15) is 9.18 Å². The second-order valence-corrected chi connectivity index (χ2v) is 6.91. The van der Waals surface area contributed by atoms with Gasteiger partial charge >= 0.3 is 0 Å². The van der Waals surface area contributed by atoms with Crippen LogP contribution in [-0.4, -0.2) is 31.0 Å². The topological polar surface area (TPSA) is 99.7 Å². The smallest absolute Gasteiger partial charge is 0.290 e. The average molecular weight is 399 g/mol. The van der Waals surface area contributed by atoms with Gasteiger partial charge in [0, 0.05) is 29.4 Å². The highest BCUT2D eigenvalue weighted by atomic mass is 32.1. The highest BCUT2D eigenvalue weighted by molar-refractivity contribution is 7.80. The Hall–Kier alpha value is -3.27. The maximum absolute atomic E-state index is 13.7. The van der Waals surface area contributed by atoms with E-state index in [-0.39, 0.29) is 10.9 Å². The van der Waals surface area contributed by atoms with Crippen LogP contribution < -0.4 is 16.2 Å². The molecule has 10 heteroatoms. The predicted octanol–water partition coefficient (Wildman–Crippen LogP) is 2.30. The molecule has 0 radical (unpaired) electrons. The molecule has 4 N–H and O–H groups in total. The molecule has 0 aliphatic heterocycles. The maximum atomic E-state index is 13.7. The molecule has 28 heavy (non-hydrogen) atoms. The number of hydrazine groups is 1. The monoisotopic (exact) mass is 399 g/mol. The summed E-state index contributed by atoms with van der Waals surface area (Å²) in [7, 11) is 0. The molecule has 1 aliphatic rings. The third-order valence-electron chi connectivity index (χ3n) is 4.31. The molecule has 8 nitrogen and oxygen atoms in total. The highest BCUT2D eigenvalue weighted by Gasteiger charge is 2.26. The number of anilines is 1. The van der Waals surface area contributed by atoms with E-state index in [2.05, 4.69) is 31.5 Å². The number of aromatic nitrogens is 4. The first-order valence-electron chi connectivity index (χ1n) is 8.78. The van der Waals surface area contributed by atoms with Crippen LogP contribution in [0, 0.1) is 5.82 Å². The fraction of sp³-hybridized carbons (Fsp3) is 0.222. The zero-order valence-corrected chi connectivity index (χ0v) is 15.6. The molecule has 0 atom stereocenters. The van der Waals surface area contributed by atoms with Crippen LogP contribution in [0.2, 0.25) is 0 Å². The van der Waals surface area contributed by atoms with Gasteiger partial charge in [-0.05, 0) is 37.2 Å². The average Bonchev–Trinajstić information content (AvgIpc) is 3.25. The molecule has 144 valence electrons. The van der Waals surface area contributed by atoms with E-state index in [1.165, 1.54) is 6.07 Å². The Morgan fingerprint density at radius 2 is 2.11 bits per heavy atom. The molecule has 4 rings (SSSR count). The zero-order valence-electron chi connectivity index (χ0n) is 14.8. The Bertz CT molecular complexity index is 1010. The number of amides is 1. The summed E-state index contributed by atoms with van der Waals surface area (Å²) in [6.45, 7) is 0.299. The Labute approximate surface area is 165 Å². The summed E-state index contributed by atoms with van der Waals surface area (Å²) in [6, 6.07) is 9.98. The van der Waals surface area contributed by atoms with Gasteiger partial charge < -0.3 is 5.32 Å². The molecule has 3 aromatic rings. The molecular weight excluding hydrogens is 381 g/mol. The van der Waals surface area contributed by atoms with E-state index in [0.29, 0.717) is 29.5 Å². The third-order valence-corrected chi connectivity index (χ3v) is 4.51. The van der Waals surface area contributed by atoms with Crippen molar-refractivity contribution in [2.45, 2.75) is 25.3 Å². The van der Waals surface area contributed by atoms with Gasteiger partial charge in [-0.2, -0.15) is 10.2 Å². The number of hydrogen-bond acceptors (Lipinski definition) is 4. The minimum absolute atomic E-state index is 0.169. The van der Waals surface area contributed by atoms with Gasteiger partial charge in [0.15, 0.2) is 16.6 Å². The molecule has 1 fully saturated rings. The van der Waals surface area contributed by atoms with Crippen molar-refractivity contribution in [3.05, 3.63) is 65.4 Å². The summed E-state index contributed by atoms with van der Waals surface area (Å²) in [5.74, 6) is 0.288. The van der Waals surface area contributed by atoms with Crippen LogP contribution in [0.15, 0.2) is 42.6 Å². The summed E-state index contributed by atoms with van der Waals surface area (Å²) >= 11 is 5.15. The normalized spacial score (nSPS) is 13.2. The standard InChI is InChI=1S/C18H18FN7OS/c19-13-4-2-1-3-12(13)10-26-8-7-16(25-26)20-18(28)24-23-17(27)15-9-14(21-22-15)11-5-6-11/h1-4,7-9,11H,5-6,10H2,(H,21,22)(H,23,27)(H2,20,24,25,28). The fourth-order valence-electron chi connectivity index (χ4n) is 2.70. The van der Waals surface area contributed by atoms with E-state index in [1.54, 1.807) is 41.2 Å². The van der Waals surface area contributed by atoms with Crippen molar-refractivity contribution >= 4 is 29.1 Å². The van der Waals surface area contributed by atoms with E-state index in [4.69, 9.17) is 12.2 Å². The number of nitrogens with one attached hydrogen (secondary N) is 4. The number of benzene rings is 1. The van der Waals surface area contributed by atoms with Crippen LogP contribution >= 0.6 is 12.2 Å². The van der Waals surface area contributed by atoms with Crippen molar-refractivity contribution in [1.29, 1.82) is 0 Å². The highest BCUT2D eigenvalue weighted by Crippen LogP contribution is 2.38. The molecule has 1 amide bonds. The number of carbonyl (C=O) groups is 1. The molecule has 2 aromatic heterocycles. The van der Waals surface area contributed by atoms with Gasteiger partial charge in [0.05, 0.1) is 6.54 Å². The summed E-state index contributed by atoms with van der Waals surface area (Å²) in [4.78, 5) is 12.1. The second kappa shape index (κ2) is 7.77. The van der Waals surface area contributed by atoms with Gasteiger partial charge in [-0.15, -0.1) is 0 Å². The van der Waals surface area contributed by atoms with Crippen molar-refractivity contribution in [3.63, 3.8) is 0 Å². The van der Waals surface area contributed by atoms with E-state index in [1.807, 2.05) is 0 Å². The van der Waals surface area contributed by atoms with Crippen LogP contribution in [0.3, 0.4) is 0 Å². The minimum atomic E-state index is -0.391. The first kappa shape index (κ1) is 18.1. The van der Waals surface area contributed by atoms with Gasteiger partial charge in [-0.25, -0.2) is 4.39 Å². The predicted molar refractivity (Wildman–Crippen MR) is 105 cm³/mol. The molecule has 0 bridgehead atoms. The second-order valence-electron chi connectivity index (χ2n) is 6.51. The van der Waals surface area contributed by atoms with E-state index < -0.39 is 5.91 Å². The first-order valence-corrected chi connectivity index (χ1v) is 9.19. The number of thiocarbonyl (C=S) groups is 1. The van der Waals surface area contributed by atoms with Crippen molar-refractivity contribution in [1.82, 2.24) is 30.8 Å². The number of hydrogen-bond donors (Lipinski definition) is 4. The lowest BCUT2D eigenvalue weighted by atomic mass is 10.2. The lowest BCUT2D eigenvalue weighted by Gasteiger charge is -2.09. The molecule has 1 saturated carbocycles. The molecule has 0 saturated heterocycles. The van der Waals surface area contributed by atoms with Crippen LogP contribution in [0.4, 0.5) is 10.2 Å². The fourth-order valence-corrected chi connectivity index (χ4v) is 2.85. The minimum Gasteiger partial charge on any atom is -0.315 e. The Kier molecular flexibility index (Phi) is 5.02. The van der Waals surface area contributed by atoms with Crippen LogP contribution in [0.25, 0.3) is 0 Å². The molecule has 1 aromatic carbocycles. The number of nitrogens with zero attached hydrogens (tertiary/aromatic N) is 3. The zero-order chi connectivity index (χ0) is 19.5. The van der Waals surface area contributed by atoms with Crippen LogP contribution in [0.1, 0.15) is 40.5 Å². The summed E-state index contributed by atoms with van der Waals surface area (Å²) in [6.07, 6.45) is 3.96. The third kappa shape index (κ3) is 4.34. The SMILES string of the molecule is O=C(NNC(=S)Nc1ccn(Cc2ccccc2F)n1)c1cc(C2CC2)[nH]n1. The van der Waals surface area contributed by atoms with E-state index in [0.717, 1.165) is 18.5 Å². The summed E-state index contributed by atoms with van der Waals surface area (Å²) in [5, 5.41) is 14.2. The Morgan fingerprint density at radius 3 is 2.89 bits per heavy atom. The molecular formula is C18H18FN7OS. The van der Waals surface area contributed by atoms with Gasteiger partial charge in [0.1, 0.15) is 5.82 Å². The van der Waals surface area contributed by atoms with Crippen molar-refractivity contribution < 1.29 is 9.18 Å². The van der Waals surface area contributed by atoms with Crippen molar-refractivity contribution in [2.24, 2.45) is 0 Å². The lowest BCUT2D eigenvalue weighted by molar-refractivity contribution is 0.0939. The molecule has 1 aliphatic carbocycles. The number of aromatic amines is 1. The number of halogens is 1. The number of H-pyrrole nitrogens is 1. The van der Waals surface area contributed by atoms with Crippen molar-refractivity contribution in [3.8, 4) is 0 Å². The van der Waals surface area contributed by atoms with Gasteiger partial charge in [-0.3, -0.25) is 25.4 Å². The quantitative estimate of drug-likeness (QED) is 0.388. The van der Waals surface area contributed by atoms with Crippen LogP contribution in [-0.2, 0) is 6.54 Å². The summed E-state index contributed by atoms with van der Waals surface area (Å²) < 4.78 is 15.3. The maximum Gasteiger partial charge on any atom is 0.290 e. The lowest BCUT2D eigenvalue weighted by Crippen LogP contribution is -2.44. The first-order chi connectivity index (χ1) is 13.6. The number of rotatable bonds is 5. The Morgan fingerprint density at radius 1 is 1.29 bits per heavy atom. The van der Waals surface area contributed by atoms with Gasteiger partial charge in [0.2, 0.25) is 0 Å². The van der Waals surface area contributed by atoms with Crippen LogP contribution in [0.5, 0.6) is 0 Å². The Balaban J connectivity index is 1.27. The molecule has 0 spiro atoms. The molecule has 2 heterocycles.